The number of hydrogen-bond donors (Lipinski definition) is 2. The Bertz CT molecular complexity index is 534. The molecule has 0 radical (unpaired) electrons. The number of anilines is 1. The Kier molecular flexibility index (Phi) is 5.47. The summed E-state index contributed by atoms with van der Waals surface area (Å²) in [7, 11) is 0. The number of hydrogen-bond acceptors (Lipinski definition) is 5. The van der Waals surface area contributed by atoms with E-state index in [-0.39, 0.29) is 30.1 Å². The van der Waals surface area contributed by atoms with Crippen LogP contribution in [0.2, 0.25) is 0 Å². The van der Waals surface area contributed by atoms with Crippen LogP contribution in [0, 0.1) is 10.1 Å². The molecule has 0 spiro atoms. The number of ether oxygens (including phenoxy) is 1. The van der Waals surface area contributed by atoms with Crippen LogP contribution in [0.25, 0.3) is 0 Å². The predicted octanol–water partition coefficient (Wildman–Crippen LogP) is 1.49. The Labute approximate surface area is 117 Å². The molecule has 10 heteroatoms. The monoisotopic (exact) mass is 307 g/mol. The van der Waals surface area contributed by atoms with Crippen LogP contribution >= 0.6 is 0 Å². The van der Waals surface area contributed by atoms with Crippen molar-refractivity contribution in [1.29, 1.82) is 0 Å². The quantitative estimate of drug-likeness (QED) is 0.358. The maximum Gasteiger partial charge on any atom is 0.411 e. The lowest BCUT2D eigenvalue weighted by atomic mass is 10.1. The number of nitro groups is 1. The molecule has 1 aromatic rings. The highest BCUT2D eigenvalue weighted by atomic mass is 19.4. The Morgan fingerprint density at radius 1 is 1.43 bits per heavy atom. The van der Waals surface area contributed by atoms with Gasteiger partial charge in [0.05, 0.1) is 17.1 Å². The zero-order valence-corrected chi connectivity index (χ0v) is 10.6. The third-order valence-electron chi connectivity index (χ3n) is 2.29. The first kappa shape index (κ1) is 16.7. The molecular weight excluding hydrogens is 295 g/mol. The van der Waals surface area contributed by atoms with Gasteiger partial charge in [-0.3, -0.25) is 14.9 Å². The zero-order valence-electron chi connectivity index (χ0n) is 10.6. The molecule has 7 nitrogen and oxygen atoms in total. The molecule has 3 N–H and O–H groups in total. The molecule has 0 fully saturated rings. The first-order valence-corrected chi connectivity index (χ1v) is 5.67. The van der Waals surface area contributed by atoms with Crippen LogP contribution in [0.3, 0.4) is 0 Å². The van der Waals surface area contributed by atoms with E-state index in [1.165, 1.54) is 6.07 Å². The summed E-state index contributed by atoms with van der Waals surface area (Å²) < 4.78 is 39.7. The van der Waals surface area contributed by atoms with E-state index in [1.54, 1.807) is 0 Å². The molecule has 116 valence electrons. The van der Waals surface area contributed by atoms with Gasteiger partial charge in [-0.25, -0.2) is 0 Å². The average Bonchev–Trinajstić information content (AvgIpc) is 2.36. The van der Waals surface area contributed by atoms with E-state index in [4.69, 9.17) is 5.73 Å². The number of halogens is 3. The second-order valence-corrected chi connectivity index (χ2v) is 3.95. The second-order valence-electron chi connectivity index (χ2n) is 3.95. The number of alkyl halides is 3. The standard InChI is InChI=1S/C11H12F3N3O4/c12-11(13,14)6-21-4-3-16-10(18)8-5-7(17(19)20)1-2-9(8)15/h1-2,5H,3-4,6,15H2,(H,16,18). The summed E-state index contributed by atoms with van der Waals surface area (Å²) in [5.74, 6) is -0.730. The van der Waals surface area contributed by atoms with Gasteiger partial charge < -0.3 is 15.8 Å². The van der Waals surface area contributed by atoms with Crippen molar-refractivity contribution in [2.24, 2.45) is 0 Å². The number of nitro benzene ring substituents is 1. The maximum atomic E-state index is 11.8. The SMILES string of the molecule is Nc1ccc([N+](=O)[O-])cc1C(=O)NCCOCC(F)(F)F. The van der Waals surface area contributed by atoms with Gasteiger partial charge in [0.25, 0.3) is 11.6 Å². The van der Waals surface area contributed by atoms with Gasteiger partial charge in [-0.1, -0.05) is 0 Å². The fourth-order valence-electron chi connectivity index (χ4n) is 1.37. The first-order chi connectivity index (χ1) is 9.70. The second kappa shape index (κ2) is 6.88. The van der Waals surface area contributed by atoms with Gasteiger partial charge in [0.15, 0.2) is 0 Å². The fourth-order valence-corrected chi connectivity index (χ4v) is 1.37. The van der Waals surface area contributed by atoms with E-state index >= 15 is 0 Å². The zero-order chi connectivity index (χ0) is 16.0. The smallest absolute Gasteiger partial charge is 0.398 e. The number of non-ortho nitro benzene ring substituents is 1. The molecule has 0 saturated heterocycles. The number of benzene rings is 1. The summed E-state index contributed by atoms with van der Waals surface area (Å²) >= 11 is 0. The average molecular weight is 307 g/mol. The van der Waals surface area contributed by atoms with Crippen molar-refractivity contribution in [3.63, 3.8) is 0 Å². The molecule has 0 bridgehead atoms. The highest BCUT2D eigenvalue weighted by Gasteiger charge is 2.27. The molecule has 0 aliphatic rings. The van der Waals surface area contributed by atoms with Crippen LogP contribution in [-0.2, 0) is 4.74 Å². The van der Waals surface area contributed by atoms with Gasteiger partial charge in [-0.05, 0) is 6.07 Å². The molecule has 0 heterocycles. The Morgan fingerprint density at radius 3 is 2.67 bits per heavy atom. The van der Waals surface area contributed by atoms with E-state index in [9.17, 15) is 28.1 Å². The lowest BCUT2D eigenvalue weighted by Crippen LogP contribution is -2.29. The minimum absolute atomic E-state index is 0.0225. The number of nitrogens with zero attached hydrogens (tertiary/aromatic N) is 1. The van der Waals surface area contributed by atoms with Gasteiger partial charge in [-0.15, -0.1) is 0 Å². The van der Waals surface area contributed by atoms with E-state index in [0.717, 1.165) is 12.1 Å². The van der Waals surface area contributed by atoms with Crippen molar-refractivity contribution >= 4 is 17.3 Å². The number of amides is 1. The van der Waals surface area contributed by atoms with Gasteiger partial charge in [0, 0.05) is 24.4 Å². The molecule has 0 saturated carbocycles. The summed E-state index contributed by atoms with van der Waals surface area (Å²) in [6, 6.07) is 3.33. The Hall–Kier alpha value is -2.36. The lowest BCUT2D eigenvalue weighted by Gasteiger charge is -2.09. The number of rotatable bonds is 6. The van der Waals surface area contributed by atoms with Crippen LogP contribution in [0.15, 0.2) is 18.2 Å². The topological polar surface area (TPSA) is 107 Å². The minimum Gasteiger partial charge on any atom is -0.398 e. The van der Waals surface area contributed by atoms with E-state index in [2.05, 4.69) is 10.1 Å². The van der Waals surface area contributed by atoms with Crippen LogP contribution in [0.4, 0.5) is 24.5 Å². The molecule has 0 aromatic heterocycles. The molecule has 0 aliphatic heterocycles. The van der Waals surface area contributed by atoms with E-state index in [1.807, 2.05) is 0 Å². The normalized spacial score (nSPS) is 11.2. The Balaban J connectivity index is 2.52. The van der Waals surface area contributed by atoms with Crippen molar-refractivity contribution in [1.82, 2.24) is 5.32 Å². The predicted molar refractivity (Wildman–Crippen MR) is 66.7 cm³/mol. The summed E-state index contributed by atoms with van der Waals surface area (Å²) in [4.78, 5) is 21.6. The summed E-state index contributed by atoms with van der Waals surface area (Å²) in [6.45, 7) is -1.95. The number of carbonyl (C=O) groups is 1. The van der Waals surface area contributed by atoms with E-state index < -0.39 is 23.6 Å². The molecular formula is C11H12F3N3O4. The number of nitrogens with two attached hydrogens (primary N) is 1. The third kappa shape index (κ3) is 5.65. The first-order valence-electron chi connectivity index (χ1n) is 5.67. The van der Waals surface area contributed by atoms with Crippen LogP contribution in [-0.4, -0.2) is 36.8 Å². The molecule has 0 unspecified atom stereocenters. The van der Waals surface area contributed by atoms with Crippen LogP contribution in [0.1, 0.15) is 10.4 Å². The van der Waals surface area contributed by atoms with Gasteiger partial charge in [0.2, 0.25) is 0 Å². The highest BCUT2D eigenvalue weighted by Crippen LogP contribution is 2.19. The van der Waals surface area contributed by atoms with Crippen molar-refractivity contribution in [3.8, 4) is 0 Å². The molecule has 0 aliphatic carbocycles. The summed E-state index contributed by atoms with van der Waals surface area (Å²) in [5, 5.41) is 12.8. The van der Waals surface area contributed by atoms with Crippen LogP contribution in [0.5, 0.6) is 0 Å². The maximum absolute atomic E-state index is 11.8. The summed E-state index contributed by atoms with van der Waals surface area (Å²) in [5.41, 5.74) is 5.10. The van der Waals surface area contributed by atoms with Crippen molar-refractivity contribution < 1.29 is 27.6 Å². The van der Waals surface area contributed by atoms with Crippen LogP contribution < -0.4 is 11.1 Å². The van der Waals surface area contributed by atoms with Gasteiger partial charge in [-0.2, -0.15) is 13.2 Å². The van der Waals surface area contributed by atoms with Crippen molar-refractivity contribution in [3.05, 3.63) is 33.9 Å². The van der Waals surface area contributed by atoms with Crippen molar-refractivity contribution in [2.45, 2.75) is 6.18 Å². The number of nitrogen functional groups attached to an aromatic ring is 1. The van der Waals surface area contributed by atoms with Crippen molar-refractivity contribution in [2.75, 3.05) is 25.5 Å². The van der Waals surface area contributed by atoms with Gasteiger partial charge >= 0.3 is 6.18 Å². The van der Waals surface area contributed by atoms with E-state index in [0.29, 0.717) is 0 Å². The largest absolute Gasteiger partial charge is 0.411 e. The fraction of sp³-hybridized carbons (Fsp3) is 0.364. The molecule has 21 heavy (non-hydrogen) atoms. The lowest BCUT2D eigenvalue weighted by molar-refractivity contribution is -0.384. The number of carbonyl (C=O) groups excluding carboxylic acids is 1. The third-order valence-corrected chi connectivity index (χ3v) is 2.29. The molecule has 0 atom stereocenters. The highest BCUT2D eigenvalue weighted by molar-refractivity contribution is 5.99. The minimum atomic E-state index is -4.44. The molecule has 1 amide bonds. The number of nitrogens with one attached hydrogen (secondary N) is 1. The Morgan fingerprint density at radius 2 is 2.10 bits per heavy atom. The summed E-state index contributed by atoms with van der Waals surface area (Å²) in [6.07, 6.45) is -4.44. The molecule has 1 aromatic carbocycles. The molecule has 1 rings (SSSR count). The van der Waals surface area contributed by atoms with Gasteiger partial charge in [0.1, 0.15) is 6.61 Å².